The van der Waals surface area contributed by atoms with Gasteiger partial charge in [0.1, 0.15) is 11.3 Å². The van der Waals surface area contributed by atoms with E-state index >= 15 is 0 Å². The van der Waals surface area contributed by atoms with Crippen LogP contribution in [-0.2, 0) is 16.0 Å². The summed E-state index contributed by atoms with van der Waals surface area (Å²) in [6.07, 6.45) is 5.90. The number of piperidine rings is 2. The maximum Gasteiger partial charge on any atom is 0.409 e. The first-order valence-corrected chi connectivity index (χ1v) is 23.0. The number of aromatic nitrogens is 6. The fraction of sp³-hybridized carbons (Fsp3) is 0.306. The minimum atomic E-state index is -0.276. The van der Waals surface area contributed by atoms with Gasteiger partial charge in [-0.25, -0.2) is 19.6 Å². The average molecular weight is 946 g/mol. The third-order valence-corrected chi connectivity index (χ3v) is 12.3. The standard InChI is InChI=1S/C28H28ClN5O3.C21H22ClN5O3/c1-2-37-28(36)33-14-12-21(13-15-33)31-27-30-17-20-16-23(22-10-6-7-11-24(22)29)26(35)34(25(20)32-27)18-19-8-4-3-5-9-19;1-2-30-21(29)27-9-7-14(8-10-27)24-20-23-12-13-11-16(19(28)25-18(13)26-20)15-5-3-4-6-17(15)22/h3-11,16-17,21H,2,12-15,18H2,1H3,(H,30,31,32);3-6,11-12,14H,2,7-10H2,1H3,(H2,23,24,25,26,28). The molecular formula is C49H50Cl2N10O6. The largest absolute Gasteiger partial charge is 0.450 e. The lowest BCUT2D eigenvalue weighted by atomic mass is 10.1. The van der Waals surface area contributed by atoms with Gasteiger partial charge in [-0.3, -0.25) is 14.2 Å². The molecule has 2 aliphatic heterocycles. The molecule has 3 aromatic carbocycles. The molecule has 2 amide bonds. The van der Waals surface area contributed by atoms with Gasteiger partial charge >= 0.3 is 12.2 Å². The molecule has 3 N–H and O–H groups in total. The zero-order valence-electron chi connectivity index (χ0n) is 37.1. The van der Waals surface area contributed by atoms with E-state index in [9.17, 15) is 19.2 Å². The molecule has 6 heterocycles. The number of H-pyrrole nitrogens is 1. The summed E-state index contributed by atoms with van der Waals surface area (Å²) in [6.45, 7) is 7.13. The summed E-state index contributed by atoms with van der Waals surface area (Å²) in [5.74, 6) is 0.895. The molecule has 0 atom stereocenters. The highest BCUT2D eigenvalue weighted by Crippen LogP contribution is 2.29. The Hall–Kier alpha value is -7.04. The molecule has 0 bridgehead atoms. The number of halogens is 2. The number of nitrogens with zero attached hydrogens (tertiary/aromatic N) is 7. The highest BCUT2D eigenvalue weighted by Gasteiger charge is 2.26. The van der Waals surface area contributed by atoms with Gasteiger partial charge in [0, 0.05) is 93.7 Å². The summed E-state index contributed by atoms with van der Waals surface area (Å²) in [6, 6.07) is 28.2. The Bertz CT molecular complexity index is 2990. The van der Waals surface area contributed by atoms with Gasteiger partial charge in [-0.05, 0) is 69.4 Å². The van der Waals surface area contributed by atoms with E-state index in [0.717, 1.165) is 36.6 Å². The van der Waals surface area contributed by atoms with Crippen molar-refractivity contribution in [1.29, 1.82) is 0 Å². The van der Waals surface area contributed by atoms with Crippen LogP contribution in [0.1, 0.15) is 45.1 Å². The van der Waals surface area contributed by atoms with Gasteiger partial charge in [0.15, 0.2) is 0 Å². The Kier molecular flexibility index (Phi) is 14.9. The summed E-state index contributed by atoms with van der Waals surface area (Å²) in [5, 5.41) is 9.17. The lowest BCUT2D eigenvalue weighted by Gasteiger charge is -2.31. The number of fused-ring (bicyclic) bond motifs is 2. The number of aromatic amines is 1. The maximum absolute atomic E-state index is 13.8. The maximum atomic E-state index is 13.8. The summed E-state index contributed by atoms with van der Waals surface area (Å²) in [4.78, 5) is 74.6. The molecule has 7 aromatic rings. The van der Waals surface area contributed by atoms with Crippen LogP contribution in [0.4, 0.5) is 21.5 Å². The molecule has 0 radical (unpaired) electrons. The first-order chi connectivity index (χ1) is 32.6. The molecule has 18 heteroatoms. The summed E-state index contributed by atoms with van der Waals surface area (Å²) >= 11 is 12.7. The van der Waals surface area contributed by atoms with Crippen molar-refractivity contribution in [3.05, 3.63) is 140 Å². The number of pyridine rings is 2. The lowest BCUT2D eigenvalue weighted by molar-refractivity contribution is 0.0975. The second kappa shape index (κ2) is 21.5. The van der Waals surface area contributed by atoms with Crippen LogP contribution in [0.25, 0.3) is 44.3 Å². The first-order valence-electron chi connectivity index (χ1n) is 22.3. The molecule has 346 valence electrons. The lowest BCUT2D eigenvalue weighted by Crippen LogP contribution is -2.42. The fourth-order valence-electron chi connectivity index (χ4n) is 8.16. The minimum absolute atomic E-state index is 0.111. The van der Waals surface area contributed by atoms with Crippen LogP contribution >= 0.6 is 23.2 Å². The third-order valence-electron chi connectivity index (χ3n) is 11.6. The van der Waals surface area contributed by atoms with Gasteiger partial charge in [0.2, 0.25) is 11.9 Å². The first kappa shape index (κ1) is 46.5. The predicted octanol–water partition coefficient (Wildman–Crippen LogP) is 8.86. The monoisotopic (exact) mass is 944 g/mol. The SMILES string of the molecule is CCOC(=O)N1CCC(Nc2ncc3cc(-c4ccccc4Cl)c(=O)[nH]c3n2)CC1.CCOC(=O)N1CCC(Nc2ncc3cc(-c4ccccc4Cl)c(=O)n(Cc4ccccc4)c3n2)CC1. The fourth-order valence-corrected chi connectivity index (χ4v) is 8.64. The highest BCUT2D eigenvalue weighted by molar-refractivity contribution is 6.33. The Balaban J connectivity index is 0.000000186. The van der Waals surface area contributed by atoms with Crippen molar-refractivity contribution in [3.8, 4) is 22.3 Å². The summed E-state index contributed by atoms with van der Waals surface area (Å²) in [7, 11) is 0. The number of likely N-dealkylation sites (tertiary alicyclic amines) is 2. The van der Waals surface area contributed by atoms with Crippen molar-refractivity contribution in [3.63, 3.8) is 0 Å². The summed E-state index contributed by atoms with van der Waals surface area (Å²) in [5.41, 5.74) is 3.88. The normalized spacial score (nSPS) is 14.3. The number of carbonyl (C=O) groups excluding carboxylic acids is 2. The van der Waals surface area contributed by atoms with E-state index in [4.69, 9.17) is 37.7 Å². The number of hydrogen-bond donors (Lipinski definition) is 3. The van der Waals surface area contributed by atoms with Crippen LogP contribution in [-0.4, -0.2) is 103 Å². The van der Waals surface area contributed by atoms with E-state index in [2.05, 4.69) is 30.6 Å². The van der Waals surface area contributed by atoms with E-state index in [1.165, 1.54) is 0 Å². The van der Waals surface area contributed by atoms with Crippen LogP contribution in [0, 0.1) is 0 Å². The number of carbonyl (C=O) groups is 2. The number of nitrogens with one attached hydrogen (secondary N) is 3. The van der Waals surface area contributed by atoms with Crippen molar-refractivity contribution >= 4 is 69.4 Å². The number of rotatable bonds is 10. The van der Waals surface area contributed by atoms with Crippen molar-refractivity contribution in [2.75, 3.05) is 50.0 Å². The van der Waals surface area contributed by atoms with Crippen LogP contribution in [0.3, 0.4) is 0 Å². The van der Waals surface area contributed by atoms with E-state index in [1.807, 2.05) is 66.7 Å². The van der Waals surface area contributed by atoms with Gasteiger partial charge in [-0.15, -0.1) is 0 Å². The predicted molar refractivity (Wildman–Crippen MR) is 261 cm³/mol. The van der Waals surface area contributed by atoms with E-state index in [1.54, 1.807) is 64.9 Å². The molecule has 9 rings (SSSR count). The van der Waals surface area contributed by atoms with Gasteiger partial charge in [0.05, 0.1) is 19.8 Å². The average Bonchev–Trinajstić information content (AvgIpc) is 3.34. The van der Waals surface area contributed by atoms with Crippen molar-refractivity contribution in [2.24, 2.45) is 0 Å². The smallest absolute Gasteiger partial charge is 0.409 e. The third kappa shape index (κ3) is 11.2. The van der Waals surface area contributed by atoms with Gasteiger partial charge in [0.25, 0.3) is 11.1 Å². The highest BCUT2D eigenvalue weighted by atomic mass is 35.5. The topological polar surface area (TPSA) is 190 Å². The number of ether oxygens (including phenoxy) is 2. The van der Waals surface area contributed by atoms with Gasteiger partial charge < -0.3 is 34.9 Å². The zero-order valence-corrected chi connectivity index (χ0v) is 38.6. The van der Waals surface area contributed by atoms with Crippen LogP contribution in [0.2, 0.25) is 10.0 Å². The number of benzene rings is 3. The molecule has 4 aromatic heterocycles. The Labute approximate surface area is 396 Å². The van der Waals surface area contributed by atoms with Crippen LogP contribution in [0.5, 0.6) is 0 Å². The van der Waals surface area contributed by atoms with Gasteiger partial charge in [-0.2, -0.15) is 9.97 Å². The van der Waals surface area contributed by atoms with Crippen molar-refractivity contribution in [1.82, 2.24) is 39.3 Å². The molecule has 0 aliphatic carbocycles. The molecule has 2 fully saturated rings. The minimum Gasteiger partial charge on any atom is -0.450 e. The Morgan fingerprint density at radius 2 is 1.15 bits per heavy atom. The Morgan fingerprint density at radius 1 is 0.657 bits per heavy atom. The van der Waals surface area contributed by atoms with Gasteiger partial charge in [-0.1, -0.05) is 89.9 Å². The summed E-state index contributed by atoms with van der Waals surface area (Å²) < 4.78 is 11.8. The van der Waals surface area contributed by atoms with Crippen LogP contribution in [0.15, 0.2) is 113 Å². The second-order valence-electron chi connectivity index (χ2n) is 16.1. The molecule has 16 nitrogen and oxygen atoms in total. The molecule has 0 spiro atoms. The zero-order chi connectivity index (χ0) is 46.9. The van der Waals surface area contributed by atoms with E-state index in [-0.39, 0.29) is 35.4 Å². The van der Waals surface area contributed by atoms with E-state index in [0.29, 0.717) is 107 Å². The van der Waals surface area contributed by atoms with Crippen LogP contribution < -0.4 is 21.8 Å². The van der Waals surface area contributed by atoms with E-state index < -0.39 is 0 Å². The molecule has 0 unspecified atom stereocenters. The number of amides is 2. The molecule has 67 heavy (non-hydrogen) atoms. The number of anilines is 2. The van der Waals surface area contributed by atoms with Crippen molar-refractivity contribution < 1.29 is 19.1 Å². The Morgan fingerprint density at radius 3 is 1.70 bits per heavy atom. The molecule has 2 saturated heterocycles. The second-order valence-corrected chi connectivity index (χ2v) is 16.9. The number of hydrogen-bond acceptors (Lipinski definition) is 12. The van der Waals surface area contributed by atoms with Crippen molar-refractivity contribution in [2.45, 2.75) is 58.2 Å². The molecule has 2 aliphatic rings. The molecular weight excluding hydrogens is 896 g/mol. The molecule has 0 saturated carbocycles. The quantitative estimate of drug-likeness (QED) is 0.118.